The van der Waals surface area contributed by atoms with Crippen molar-refractivity contribution < 1.29 is 4.79 Å². The lowest BCUT2D eigenvalue weighted by Gasteiger charge is -2.35. The zero-order valence-electron chi connectivity index (χ0n) is 12.0. The van der Waals surface area contributed by atoms with Gasteiger partial charge >= 0.3 is 0 Å². The first-order chi connectivity index (χ1) is 9.54. The number of nitrogens with one attached hydrogen (secondary N) is 1. The maximum atomic E-state index is 12.0. The second kappa shape index (κ2) is 6.70. The number of hydrogen-bond acceptors (Lipinski definition) is 3. The number of halogens is 1. The van der Waals surface area contributed by atoms with Gasteiger partial charge in [0, 0.05) is 17.6 Å². The normalized spacial score (nSPS) is 22.5. The van der Waals surface area contributed by atoms with E-state index in [0.717, 1.165) is 29.4 Å². The van der Waals surface area contributed by atoms with E-state index >= 15 is 0 Å². The van der Waals surface area contributed by atoms with Crippen LogP contribution < -0.4 is 11.1 Å². The molecule has 0 aromatic heterocycles. The highest BCUT2D eigenvalue weighted by molar-refractivity contribution is 9.10. The van der Waals surface area contributed by atoms with E-state index in [-0.39, 0.29) is 24.0 Å². The quantitative estimate of drug-likeness (QED) is 0.882. The fourth-order valence-electron chi connectivity index (χ4n) is 3.06. The molecule has 1 aliphatic rings. The van der Waals surface area contributed by atoms with Gasteiger partial charge in [0.25, 0.3) is 0 Å². The van der Waals surface area contributed by atoms with Crippen LogP contribution in [-0.4, -0.2) is 36.5 Å². The maximum Gasteiger partial charge on any atom is 0.237 e. The molecular formula is C15H22BrN3O. The number of carbonyl (C=O) groups excluding carboxylic acids is 1. The summed E-state index contributed by atoms with van der Waals surface area (Å²) >= 11 is 3.51. The van der Waals surface area contributed by atoms with Gasteiger partial charge in [-0.15, -0.1) is 0 Å². The van der Waals surface area contributed by atoms with Crippen LogP contribution >= 0.6 is 15.9 Å². The molecule has 1 aromatic rings. The summed E-state index contributed by atoms with van der Waals surface area (Å²) < 4.78 is 1.04. The third-order valence-corrected chi connectivity index (χ3v) is 4.38. The number of amides is 1. The summed E-state index contributed by atoms with van der Waals surface area (Å²) in [6.45, 7) is 2.92. The van der Waals surface area contributed by atoms with E-state index in [2.05, 4.69) is 38.3 Å². The molecule has 0 radical (unpaired) electrons. The molecule has 0 spiro atoms. The molecule has 1 heterocycles. The van der Waals surface area contributed by atoms with Crippen LogP contribution in [0.25, 0.3) is 0 Å². The highest BCUT2D eigenvalue weighted by atomic mass is 79.9. The number of benzene rings is 1. The van der Waals surface area contributed by atoms with Crippen molar-refractivity contribution in [1.29, 1.82) is 0 Å². The van der Waals surface area contributed by atoms with E-state index in [1.54, 1.807) is 7.05 Å². The highest BCUT2D eigenvalue weighted by Gasteiger charge is 2.37. The number of likely N-dealkylation sites (tertiary alicyclic amines) is 1. The Hall–Kier alpha value is -0.910. The standard InChI is InChI=1S/C15H22BrN3O/c1-10(17)14(11-5-3-6-12(16)9-11)19-8-4-7-13(19)15(20)18-2/h3,5-6,9-10,13-14H,4,7-8,17H2,1-2H3,(H,18,20). The monoisotopic (exact) mass is 339 g/mol. The molecule has 0 aliphatic carbocycles. The van der Waals surface area contributed by atoms with Crippen LogP contribution in [-0.2, 0) is 4.79 Å². The van der Waals surface area contributed by atoms with Crippen LogP contribution in [0.15, 0.2) is 28.7 Å². The molecular weight excluding hydrogens is 318 g/mol. The van der Waals surface area contributed by atoms with Crippen LogP contribution in [0.5, 0.6) is 0 Å². The van der Waals surface area contributed by atoms with E-state index in [1.165, 1.54) is 0 Å². The van der Waals surface area contributed by atoms with Gasteiger partial charge in [-0.05, 0) is 44.0 Å². The van der Waals surface area contributed by atoms with Crippen LogP contribution in [0.4, 0.5) is 0 Å². The molecule has 0 bridgehead atoms. The third-order valence-electron chi connectivity index (χ3n) is 3.89. The molecule has 3 unspecified atom stereocenters. The molecule has 5 heteroatoms. The van der Waals surface area contributed by atoms with Crippen molar-refractivity contribution in [2.45, 2.75) is 37.9 Å². The van der Waals surface area contributed by atoms with Gasteiger partial charge in [0.2, 0.25) is 5.91 Å². The molecule has 1 aromatic carbocycles. The Bertz CT molecular complexity index is 478. The molecule has 20 heavy (non-hydrogen) atoms. The Morgan fingerprint density at radius 3 is 2.90 bits per heavy atom. The Kier molecular flexibility index (Phi) is 5.18. The molecule has 2 rings (SSSR count). The molecule has 1 aliphatic heterocycles. The summed E-state index contributed by atoms with van der Waals surface area (Å²) in [6.07, 6.45) is 1.94. The summed E-state index contributed by atoms with van der Waals surface area (Å²) in [5, 5.41) is 2.76. The zero-order valence-corrected chi connectivity index (χ0v) is 13.6. The van der Waals surface area contributed by atoms with Crippen molar-refractivity contribution in [3.63, 3.8) is 0 Å². The Morgan fingerprint density at radius 2 is 2.30 bits per heavy atom. The Balaban J connectivity index is 2.31. The van der Waals surface area contributed by atoms with E-state index in [1.807, 2.05) is 19.1 Å². The van der Waals surface area contributed by atoms with Gasteiger partial charge in [-0.25, -0.2) is 0 Å². The lowest BCUT2D eigenvalue weighted by molar-refractivity contribution is -0.125. The highest BCUT2D eigenvalue weighted by Crippen LogP contribution is 2.32. The molecule has 1 saturated heterocycles. The summed E-state index contributed by atoms with van der Waals surface area (Å²) in [6, 6.07) is 8.15. The lowest BCUT2D eigenvalue weighted by Crippen LogP contribution is -2.48. The van der Waals surface area contributed by atoms with Crippen LogP contribution in [0.3, 0.4) is 0 Å². The van der Waals surface area contributed by atoms with Gasteiger partial charge in [0.1, 0.15) is 0 Å². The fraction of sp³-hybridized carbons (Fsp3) is 0.533. The number of nitrogens with zero attached hydrogens (tertiary/aromatic N) is 1. The molecule has 1 fully saturated rings. The first-order valence-electron chi connectivity index (χ1n) is 7.03. The molecule has 1 amide bonds. The molecule has 3 N–H and O–H groups in total. The third kappa shape index (κ3) is 3.22. The predicted octanol–water partition coefficient (Wildman–Crippen LogP) is 2.05. The summed E-state index contributed by atoms with van der Waals surface area (Å²) in [7, 11) is 1.69. The number of rotatable bonds is 4. The second-order valence-corrected chi connectivity index (χ2v) is 6.28. The maximum absolute atomic E-state index is 12.0. The molecule has 4 nitrogen and oxygen atoms in total. The molecule has 0 saturated carbocycles. The largest absolute Gasteiger partial charge is 0.358 e. The Morgan fingerprint density at radius 1 is 1.55 bits per heavy atom. The van der Waals surface area contributed by atoms with Crippen LogP contribution in [0, 0.1) is 0 Å². The fourth-order valence-corrected chi connectivity index (χ4v) is 3.47. The Labute approximate surface area is 128 Å². The lowest BCUT2D eigenvalue weighted by atomic mass is 9.98. The molecule has 3 atom stereocenters. The SMILES string of the molecule is CNC(=O)C1CCCN1C(c1cccc(Br)c1)C(C)N. The van der Waals surface area contributed by atoms with Crippen molar-refractivity contribution in [2.75, 3.05) is 13.6 Å². The smallest absolute Gasteiger partial charge is 0.237 e. The summed E-state index contributed by atoms with van der Waals surface area (Å²) in [5.41, 5.74) is 7.37. The van der Waals surface area contributed by atoms with Gasteiger partial charge in [-0.3, -0.25) is 9.69 Å². The second-order valence-electron chi connectivity index (χ2n) is 5.37. The number of likely N-dealkylation sites (N-methyl/N-ethyl adjacent to an activating group) is 1. The van der Waals surface area contributed by atoms with E-state index in [0.29, 0.717) is 0 Å². The first kappa shape index (κ1) is 15.5. The minimum Gasteiger partial charge on any atom is -0.358 e. The summed E-state index contributed by atoms with van der Waals surface area (Å²) in [4.78, 5) is 14.3. The van der Waals surface area contributed by atoms with Gasteiger partial charge in [0.05, 0.1) is 12.1 Å². The number of hydrogen-bond donors (Lipinski definition) is 2. The van der Waals surface area contributed by atoms with Crippen molar-refractivity contribution >= 4 is 21.8 Å². The van der Waals surface area contributed by atoms with Crippen molar-refractivity contribution in [3.8, 4) is 0 Å². The van der Waals surface area contributed by atoms with Crippen LogP contribution in [0.1, 0.15) is 31.4 Å². The van der Waals surface area contributed by atoms with E-state index in [4.69, 9.17) is 5.73 Å². The molecule has 110 valence electrons. The van der Waals surface area contributed by atoms with E-state index < -0.39 is 0 Å². The number of nitrogens with two attached hydrogens (primary N) is 1. The van der Waals surface area contributed by atoms with Crippen molar-refractivity contribution in [1.82, 2.24) is 10.2 Å². The van der Waals surface area contributed by atoms with Gasteiger partial charge in [0.15, 0.2) is 0 Å². The predicted molar refractivity (Wildman–Crippen MR) is 84.3 cm³/mol. The topological polar surface area (TPSA) is 58.4 Å². The average Bonchev–Trinajstić information content (AvgIpc) is 2.87. The number of carbonyl (C=O) groups is 1. The minimum atomic E-state index is -0.0741. The minimum absolute atomic E-state index is 0.0328. The van der Waals surface area contributed by atoms with Crippen molar-refractivity contribution in [3.05, 3.63) is 34.3 Å². The summed E-state index contributed by atoms with van der Waals surface area (Å²) in [5.74, 6) is 0.0862. The zero-order chi connectivity index (χ0) is 14.7. The first-order valence-corrected chi connectivity index (χ1v) is 7.82. The van der Waals surface area contributed by atoms with Crippen molar-refractivity contribution in [2.24, 2.45) is 5.73 Å². The average molecular weight is 340 g/mol. The van der Waals surface area contributed by atoms with Gasteiger partial charge < -0.3 is 11.1 Å². The van der Waals surface area contributed by atoms with E-state index in [9.17, 15) is 4.79 Å². The van der Waals surface area contributed by atoms with Gasteiger partial charge in [-0.2, -0.15) is 0 Å². The van der Waals surface area contributed by atoms with Crippen LogP contribution in [0.2, 0.25) is 0 Å². The van der Waals surface area contributed by atoms with Gasteiger partial charge in [-0.1, -0.05) is 28.1 Å².